The van der Waals surface area contributed by atoms with E-state index in [0.717, 1.165) is 5.69 Å². The first kappa shape index (κ1) is 16.4. The van der Waals surface area contributed by atoms with E-state index in [9.17, 15) is 0 Å². The van der Waals surface area contributed by atoms with Crippen LogP contribution in [0.3, 0.4) is 0 Å². The number of rotatable bonds is 5. The SMILES string of the molecule is COc1ccc(Cl)cc1Nc1cc(Nc2ccccc2Cl)ncn1. The molecule has 0 spiro atoms. The van der Waals surface area contributed by atoms with Crippen molar-refractivity contribution < 1.29 is 4.74 Å². The molecule has 5 nitrogen and oxygen atoms in total. The van der Waals surface area contributed by atoms with E-state index in [1.165, 1.54) is 6.33 Å². The number of nitrogens with one attached hydrogen (secondary N) is 2. The second-order valence-corrected chi connectivity index (χ2v) is 5.71. The number of nitrogens with zero attached hydrogens (tertiary/aromatic N) is 2. The van der Waals surface area contributed by atoms with Gasteiger partial charge in [0, 0.05) is 11.1 Å². The lowest BCUT2D eigenvalue weighted by molar-refractivity contribution is 0.417. The number of hydrogen-bond acceptors (Lipinski definition) is 5. The summed E-state index contributed by atoms with van der Waals surface area (Å²) in [6, 6.07) is 14.5. The summed E-state index contributed by atoms with van der Waals surface area (Å²) in [5.74, 6) is 1.88. The summed E-state index contributed by atoms with van der Waals surface area (Å²) in [5.41, 5.74) is 1.48. The zero-order chi connectivity index (χ0) is 16.9. The smallest absolute Gasteiger partial charge is 0.142 e. The number of ether oxygens (including phenoxy) is 1. The molecule has 1 heterocycles. The van der Waals surface area contributed by atoms with E-state index in [1.807, 2.05) is 18.2 Å². The third kappa shape index (κ3) is 3.88. The van der Waals surface area contributed by atoms with Crippen molar-refractivity contribution in [3.8, 4) is 5.75 Å². The zero-order valence-corrected chi connectivity index (χ0v) is 14.3. The molecule has 122 valence electrons. The van der Waals surface area contributed by atoms with Crippen LogP contribution in [-0.2, 0) is 0 Å². The molecule has 0 amide bonds. The average Bonchev–Trinajstić information content (AvgIpc) is 2.58. The van der Waals surface area contributed by atoms with Gasteiger partial charge in [0.25, 0.3) is 0 Å². The van der Waals surface area contributed by atoms with E-state index in [2.05, 4.69) is 20.6 Å². The highest BCUT2D eigenvalue weighted by atomic mass is 35.5. The van der Waals surface area contributed by atoms with Gasteiger partial charge in [0.2, 0.25) is 0 Å². The zero-order valence-electron chi connectivity index (χ0n) is 12.8. The maximum atomic E-state index is 6.15. The summed E-state index contributed by atoms with van der Waals surface area (Å²) in [4.78, 5) is 8.41. The molecule has 3 rings (SSSR count). The van der Waals surface area contributed by atoms with Gasteiger partial charge < -0.3 is 15.4 Å². The van der Waals surface area contributed by atoms with E-state index in [-0.39, 0.29) is 0 Å². The number of benzene rings is 2. The molecule has 1 aromatic heterocycles. The molecule has 2 N–H and O–H groups in total. The monoisotopic (exact) mass is 360 g/mol. The molecule has 0 saturated carbocycles. The van der Waals surface area contributed by atoms with Gasteiger partial charge in [-0.1, -0.05) is 35.3 Å². The predicted molar refractivity (Wildman–Crippen MR) is 98.1 cm³/mol. The Balaban J connectivity index is 1.84. The molecule has 0 atom stereocenters. The van der Waals surface area contributed by atoms with Crippen LogP contribution in [0.5, 0.6) is 5.75 Å². The Kier molecular flexibility index (Phi) is 5.03. The molecule has 7 heteroatoms. The van der Waals surface area contributed by atoms with Crippen LogP contribution in [0.2, 0.25) is 10.0 Å². The molecule has 3 aromatic rings. The van der Waals surface area contributed by atoms with Gasteiger partial charge in [0.1, 0.15) is 23.7 Å². The lowest BCUT2D eigenvalue weighted by Crippen LogP contribution is -2.00. The molecule has 2 aromatic carbocycles. The summed E-state index contributed by atoms with van der Waals surface area (Å²) in [5, 5.41) is 7.54. The fraction of sp³-hybridized carbons (Fsp3) is 0.0588. The van der Waals surface area contributed by atoms with Gasteiger partial charge in [-0.2, -0.15) is 0 Å². The molecule has 24 heavy (non-hydrogen) atoms. The van der Waals surface area contributed by atoms with Crippen LogP contribution in [0.1, 0.15) is 0 Å². The topological polar surface area (TPSA) is 59.1 Å². The van der Waals surface area contributed by atoms with E-state index < -0.39 is 0 Å². The lowest BCUT2D eigenvalue weighted by atomic mass is 10.3. The number of anilines is 4. The molecule has 0 aliphatic heterocycles. The van der Waals surface area contributed by atoms with Crippen molar-refractivity contribution in [2.45, 2.75) is 0 Å². The van der Waals surface area contributed by atoms with Crippen LogP contribution >= 0.6 is 23.2 Å². The molecule has 0 bridgehead atoms. The van der Waals surface area contributed by atoms with E-state index in [0.29, 0.717) is 33.1 Å². The number of aromatic nitrogens is 2. The summed E-state index contributed by atoms with van der Waals surface area (Å²) >= 11 is 12.2. The Morgan fingerprint density at radius 3 is 2.29 bits per heavy atom. The lowest BCUT2D eigenvalue weighted by Gasteiger charge is -2.12. The summed E-state index contributed by atoms with van der Waals surface area (Å²) in [6.07, 6.45) is 1.46. The highest BCUT2D eigenvalue weighted by Crippen LogP contribution is 2.31. The van der Waals surface area contributed by atoms with Crippen molar-refractivity contribution in [3.05, 3.63) is 64.9 Å². The third-order valence-corrected chi connectivity index (χ3v) is 3.79. The van der Waals surface area contributed by atoms with Crippen molar-refractivity contribution >= 4 is 46.2 Å². The highest BCUT2D eigenvalue weighted by molar-refractivity contribution is 6.33. The maximum absolute atomic E-state index is 6.15. The minimum atomic E-state index is 0.597. The first-order valence-corrected chi connectivity index (χ1v) is 7.85. The van der Waals surface area contributed by atoms with Gasteiger partial charge in [-0.15, -0.1) is 0 Å². The van der Waals surface area contributed by atoms with Crippen LogP contribution in [0.4, 0.5) is 23.0 Å². The molecule has 0 unspecified atom stereocenters. The van der Waals surface area contributed by atoms with Crippen LogP contribution < -0.4 is 15.4 Å². The largest absolute Gasteiger partial charge is 0.495 e. The van der Waals surface area contributed by atoms with E-state index in [1.54, 1.807) is 37.4 Å². The Hall–Kier alpha value is -2.50. The summed E-state index contributed by atoms with van der Waals surface area (Å²) in [7, 11) is 1.60. The fourth-order valence-corrected chi connectivity index (χ4v) is 2.47. The van der Waals surface area contributed by atoms with E-state index in [4.69, 9.17) is 27.9 Å². The molecule has 0 radical (unpaired) electrons. The van der Waals surface area contributed by atoms with Crippen molar-refractivity contribution in [2.24, 2.45) is 0 Å². The maximum Gasteiger partial charge on any atom is 0.142 e. The number of halogens is 2. The highest BCUT2D eigenvalue weighted by Gasteiger charge is 2.07. The number of methoxy groups -OCH3 is 1. The fourth-order valence-electron chi connectivity index (χ4n) is 2.11. The predicted octanol–water partition coefficient (Wildman–Crippen LogP) is 5.28. The third-order valence-electron chi connectivity index (χ3n) is 3.23. The first-order chi connectivity index (χ1) is 11.7. The second-order valence-electron chi connectivity index (χ2n) is 4.86. The molecular formula is C17H14Cl2N4O. The standard InChI is InChI=1S/C17H14Cl2N4O/c1-24-15-7-6-11(18)8-14(15)23-17-9-16(20-10-21-17)22-13-5-3-2-4-12(13)19/h2-10H,1H3,(H2,20,21,22,23). The molecule has 0 fully saturated rings. The van der Waals surface area contributed by atoms with Crippen molar-refractivity contribution in [1.82, 2.24) is 9.97 Å². The normalized spacial score (nSPS) is 10.3. The summed E-state index contributed by atoms with van der Waals surface area (Å²) in [6.45, 7) is 0. The van der Waals surface area contributed by atoms with Crippen LogP contribution in [0, 0.1) is 0 Å². The summed E-state index contributed by atoms with van der Waals surface area (Å²) < 4.78 is 5.32. The van der Waals surface area contributed by atoms with Gasteiger partial charge >= 0.3 is 0 Å². The van der Waals surface area contributed by atoms with Crippen LogP contribution in [0.15, 0.2) is 54.9 Å². The number of hydrogen-bond donors (Lipinski definition) is 2. The van der Waals surface area contributed by atoms with Crippen molar-refractivity contribution in [3.63, 3.8) is 0 Å². The van der Waals surface area contributed by atoms with Gasteiger partial charge in [-0.3, -0.25) is 0 Å². The molecular weight excluding hydrogens is 347 g/mol. The number of para-hydroxylation sites is 1. The van der Waals surface area contributed by atoms with Crippen molar-refractivity contribution in [1.29, 1.82) is 0 Å². The Labute approximate surface area is 149 Å². The van der Waals surface area contributed by atoms with Crippen LogP contribution in [0.25, 0.3) is 0 Å². The second kappa shape index (κ2) is 7.38. The van der Waals surface area contributed by atoms with Crippen molar-refractivity contribution in [2.75, 3.05) is 17.7 Å². The molecule has 0 aliphatic carbocycles. The van der Waals surface area contributed by atoms with Gasteiger partial charge in [-0.05, 0) is 30.3 Å². The van der Waals surface area contributed by atoms with Gasteiger partial charge in [0.05, 0.1) is 23.5 Å². The minimum absolute atomic E-state index is 0.597. The van der Waals surface area contributed by atoms with Gasteiger partial charge in [0.15, 0.2) is 0 Å². The average molecular weight is 361 g/mol. The Bertz CT molecular complexity index is 857. The molecule has 0 aliphatic rings. The quantitative estimate of drug-likeness (QED) is 0.648. The van der Waals surface area contributed by atoms with E-state index >= 15 is 0 Å². The first-order valence-electron chi connectivity index (χ1n) is 7.10. The van der Waals surface area contributed by atoms with Gasteiger partial charge in [-0.25, -0.2) is 9.97 Å². The Morgan fingerprint density at radius 2 is 1.58 bits per heavy atom. The van der Waals surface area contributed by atoms with Crippen LogP contribution in [-0.4, -0.2) is 17.1 Å². The molecule has 0 saturated heterocycles. The Morgan fingerprint density at radius 1 is 0.875 bits per heavy atom. The minimum Gasteiger partial charge on any atom is -0.495 e.